The second-order valence-electron chi connectivity index (χ2n) is 4.66. The van der Waals surface area contributed by atoms with Gasteiger partial charge in [0.2, 0.25) is 0 Å². The van der Waals surface area contributed by atoms with E-state index in [2.05, 4.69) is 4.90 Å². The van der Waals surface area contributed by atoms with Gasteiger partial charge in [0.25, 0.3) is 0 Å². The van der Waals surface area contributed by atoms with Gasteiger partial charge in [-0.05, 0) is 17.9 Å². The lowest BCUT2D eigenvalue weighted by Crippen LogP contribution is -2.34. The minimum absolute atomic E-state index is 0.131. The molecule has 0 aromatic heterocycles. The molecule has 0 spiro atoms. The molecule has 0 saturated carbocycles. The topological polar surface area (TPSA) is 60.0 Å². The standard InChI is InChI=1S/C17H17N3OS/c1-22-17(20-7-9-21-10-8-20)11-16(15(12-18)13-19)14-5-3-2-4-6-14/h2-6,11H,7-10H2,1H3/b17-11-. The van der Waals surface area contributed by atoms with Crippen LogP contribution in [0, 0.1) is 22.7 Å². The zero-order chi connectivity index (χ0) is 15.8. The van der Waals surface area contributed by atoms with Gasteiger partial charge in [0.1, 0.15) is 17.7 Å². The number of nitriles is 2. The molecule has 0 atom stereocenters. The Morgan fingerprint density at radius 1 is 1.18 bits per heavy atom. The Morgan fingerprint density at radius 3 is 2.36 bits per heavy atom. The first kappa shape index (κ1) is 16.2. The van der Waals surface area contributed by atoms with Crippen molar-refractivity contribution in [1.29, 1.82) is 10.5 Å². The smallest absolute Gasteiger partial charge is 0.137 e. The molecule has 1 saturated heterocycles. The molecule has 22 heavy (non-hydrogen) atoms. The maximum atomic E-state index is 9.25. The Bertz CT molecular complexity index is 631. The molecule has 112 valence electrons. The van der Waals surface area contributed by atoms with E-state index in [-0.39, 0.29) is 5.57 Å². The van der Waals surface area contributed by atoms with Crippen molar-refractivity contribution in [3.05, 3.63) is 52.6 Å². The average Bonchev–Trinajstić information content (AvgIpc) is 2.60. The minimum Gasteiger partial charge on any atom is -0.378 e. The summed E-state index contributed by atoms with van der Waals surface area (Å²) in [5.74, 6) is 0. The van der Waals surface area contributed by atoms with Crippen LogP contribution >= 0.6 is 11.8 Å². The van der Waals surface area contributed by atoms with E-state index in [4.69, 9.17) is 4.74 Å². The van der Waals surface area contributed by atoms with Gasteiger partial charge in [-0.1, -0.05) is 30.3 Å². The van der Waals surface area contributed by atoms with Crippen LogP contribution in [-0.2, 0) is 4.74 Å². The molecule has 0 unspecified atom stereocenters. The van der Waals surface area contributed by atoms with Gasteiger partial charge in [0.15, 0.2) is 0 Å². The van der Waals surface area contributed by atoms with Crippen LogP contribution in [0.5, 0.6) is 0 Å². The summed E-state index contributed by atoms with van der Waals surface area (Å²) < 4.78 is 5.38. The van der Waals surface area contributed by atoms with E-state index in [1.807, 2.05) is 54.8 Å². The third kappa shape index (κ3) is 3.92. The molecule has 1 aromatic rings. The van der Waals surface area contributed by atoms with E-state index in [1.54, 1.807) is 11.8 Å². The molecule has 1 aliphatic rings. The van der Waals surface area contributed by atoms with Crippen LogP contribution in [0.3, 0.4) is 0 Å². The Labute approximate surface area is 135 Å². The van der Waals surface area contributed by atoms with Crippen LogP contribution in [0.4, 0.5) is 0 Å². The number of benzene rings is 1. The van der Waals surface area contributed by atoms with Crippen LogP contribution in [0.1, 0.15) is 5.56 Å². The molecule has 0 amide bonds. The number of morpholine rings is 1. The molecule has 2 rings (SSSR count). The molecule has 1 aromatic carbocycles. The maximum Gasteiger partial charge on any atom is 0.137 e. The van der Waals surface area contributed by atoms with Gasteiger partial charge in [-0.15, -0.1) is 11.8 Å². The average molecular weight is 311 g/mol. The van der Waals surface area contributed by atoms with Crippen molar-refractivity contribution in [1.82, 2.24) is 4.90 Å². The summed E-state index contributed by atoms with van der Waals surface area (Å²) in [5, 5.41) is 19.6. The molecule has 1 heterocycles. The van der Waals surface area contributed by atoms with Crippen LogP contribution < -0.4 is 0 Å². The summed E-state index contributed by atoms with van der Waals surface area (Å²) in [6, 6.07) is 13.6. The first-order valence-corrected chi connectivity index (χ1v) is 8.21. The van der Waals surface area contributed by atoms with Crippen LogP contribution in [-0.4, -0.2) is 37.5 Å². The van der Waals surface area contributed by atoms with Crippen molar-refractivity contribution in [2.75, 3.05) is 32.6 Å². The first-order chi connectivity index (χ1) is 10.8. The third-order valence-corrected chi connectivity index (χ3v) is 4.17. The first-order valence-electron chi connectivity index (χ1n) is 6.98. The number of hydrogen-bond acceptors (Lipinski definition) is 5. The number of hydrogen-bond donors (Lipinski definition) is 0. The molecule has 0 radical (unpaired) electrons. The largest absolute Gasteiger partial charge is 0.378 e. The molecule has 0 aliphatic carbocycles. The highest BCUT2D eigenvalue weighted by Crippen LogP contribution is 2.27. The van der Waals surface area contributed by atoms with E-state index in [1.165, 1.54) is 0 Å². The normalized spacial score (nSPS) is 14.9. The molecule has 4 nitrogen and oxygen atoms in total. The van der Waals surface area contributed by atoms with Crippen molar-refractivity contribution in [3.8, 4) is 12.1 Å². The van der Waals surface area contributed by atoms with E-state index < -0.39 is 0 Å². The van der Waals surface area contributed by atoms with Gasteiger partial charge in [-0.3, -0.25) is 0 Å². The van der Waals surface area contributed by atoms with Gasteiger partial charge < -0.3 is 9.64 Å². The Hall–Kier alpha value is -2.21. The highest BCUT2D eigenvalue weighted by atomic mass is 32.2. The van der Waals surface area contributed by atoms with Crippen molar-refractivity contribution in [2.24, 2.45) is 0 Å². The molecule has 0 N–H and O–H groups in total. The van der Waals surface area contributed by atoms with Crippen LogP contribution in [0.25, 0.3) is 5.57 Å². The van der Waals surface area contributed by atoms with Crippen LogP contribution in [0.15, 0.2) is 47.0 Å². The van der Waals surface area contributed by atoms with E-state index >= 15 is 0 Å². The molecular weight excluding hydrogens is 294 g/mol. The Kier molecular flexibility index (Phi) is 6.09. The van der Waals surface area contributed by atoms with E-state index in [0.717, 1.165) is 23.7 Å². The van der Waals surface area contributed by atoms with E-state index in [9.17, 15) is 10.5 Å². The monoisotopic (exact) mass is 311 g/mol. The fraction of sp³-hybridized carbons (Fsp3) is 0.294. The molecule has 0 bridgehead atoms. The number of nitrogens with zero attached hydrogens (tertiary/aromatic N) is 3. The quantitative estimate of drug-likeness (QED) is 0.632. The lowest BCUT2D eigenvalue weighted by Gasteiger charge is -2.30. The predicted octanol–water partition coefficient (Wildman–Crippen LogP) is 3.02. The number of ether oxygens (including phenoxy) is 1. The Balaban J connectivity index is 2.46. The Morgan fingerprint density at radius 2 is 1.82 bits per heavy atom. The fourth-order valence-corrected chi connectivity index (χ4v) is 2.93. The number of allylic oxidation sites excluding steroid dienone is 3. The SMILES string of the molecule is CS/C(=C\C(=C(C#N)C#N)c1ccccc1)N1CCOCC1. The highest BCUT2D eigenvalue weighted by molar-refractivity contribution is 8.02. The number of thioether (sulfide) groups is 1. The summed E-state index contributed by atoms with van der Waals surface area (Å²) in [6.07, 6.45) is 3.94. The summed E-state index contributed by atoms with van der Waals surface area (Å²) >= 11 is 1.62. The lowest BCUT2D eigenvalue weighted by molar-refractivity contribution is 0.0577. The summed E-state index contributed by atoms with van der Waals surface area (Å²) in [6.45, 7) is 3.05. The summed E-state index contributed by atoms with van der Waals surface area (Å²) in [5.41, 5.74) is 1.67. The second kappa shape index (κ2) is 8.29. The van der Waals surface area contributed by atoms with Crippen molar-refractivity contribution < 1.29 is 4.74 Å². The van der Waals surface area contributed by atoms with Gasteiger partial charge in [0, 0.05) is 18.7 Å². The predicted molar refractivity (Wildman–Crippen MR) is 88.6 cm³/mol. The van der Waals surface area contributed by atoms with E-state index in [0.29, 0.717) is 18.8 Å². The van der Waals surface area contributed by atoms with Gasteiger partial charge in [0.05, 0.1) is 18.2 Å². The molecule has 1 aliphatic heterocycles. The molecule has 1 fully saturated rings. The van der Waals surface area contributed by atoms with Crippen molar-refractivity contribution in [2.45, 2.75) is 0 Å². The van der Waals surface area contributed by atoms with Gasteiger partial charge >= 0.3 is 0 Å². The second-order valence-corrected chi connectivity index (χ2v) is 5.49. The third-order valence-electron chi connectivity index (χ3n) is 3.38. The number of rotatable bonds is 4. The maximum absolute atomic E-state index is 9.25. The molecule has 5 heteroatoms. The minimum atomic E-state index is 0.131. The summed E-state index contributed by atoms with van der Waals surface area (Å²) in [4.78, 5) is 2.23. The lowest BCUT2D eigenvalue weighted by atomic mass is 10.0. The fourth-order valence-electron chi connectivity index (χ4n) is 2.25. The molecular formula is C17H17N3OS. The van der Waals surface area contributed by atoms with Crippen LogP contribution in [0.2, 0.25) is 0 Å². The van der Waals surface area contributed by atoms with Crippen molar-refractivity contribution >= 4 is 17.3 Å². The van der Waals surface area contributed by atoms with Gasteiger partial charge in [-0.25, -0.2) is 0 Å². The van der Waals surface area contributed by atoms with Crippen molar-refractivity contribution in [3.63, 3.8) is 0 Å². The summed E-state index contributed by atoms with van der Waals surface area (Å²) in [7, 11) is 0. The zero-order valence-electron chi connectivity index (χ0n) is 12.5. The zero-order valence-corrected chi connectivity index (χ0v) is 13.3. The highest BCUT2D eigenvalue weighted by Gasteiger charge is 2.15. The van der Waals surface area contributed by atoms with Gasteiger partial charge in [-0.2, -0.15) is 10.5 Å².